The molecule has 1 atom stereocenters. The third-order valence-corrected chi connectivity index (χ3v) is 5.43. The molecule has 0 spiro atoms. The Balaban J connectivity index is 2.09. The Morgan fingerprint density at radius 2 is 2.19 bits per heavy atom. The van der Waals surface area contributed by atoms with Gasteiger partial charge >= 0.3 is 0 Å². The van der Waals surface area contributed by atoms with Crippen molar-refractivity contribution in [2.75, 3.05) is 12.3 Å². The van der Waals surface area contributed by atoms with Crippen LogP contribution in [0.4, 0.5) is 5.69 Å². The van der Waals surface area contributed by atoms with E-state index in [0.717, 1.165) is 30.7 Å². The summed E-state index contributed by atoms with van der Waals surface area (Å²) in [5, 5.41) is 14.0. The lowest BCUT2D eigenvalue weighted by atomic mass is 10.1. The van der Waals surface area contributed by atoms with Crippen molar-refractivity contribution in [3.05, 3.63) is 37.9 Å². The van der Waals surface area contributed by atoms with Crippen LogP contribution in [0.15, 0.2) is 12.1 Å². The number of carbonyl (C=O) groups is 1. The first-order chi connectivity index (χ1) is 9.99. The third-order valence-electron chi connectivity index (χ3n) is 3.23. The summed E-state index contributed by atoms with van der Waals surface area (Å²) in [6.45, 7) is 0.528. The molecule has 1 saturated heterocycles. The zero-order valence-electron chi connectivity index (χ0n) is 11.1. The lowest BCUT2D eigenvalue weighted by molar-refractivity contribution is -0.384. The predicted molar refractivity (Wildman–Crippen MR) is 85.5 cm³/mol. The molecule has 0 radical (unpaired) electrons. The molecule has 21 heavy (non-hydrogen) atoms. The average Bonchev–Trinajstić information content (AvgIpc) is 2.48. The minimum absolute atomic E-state index is 0.00283. The quantitative estimate of drug-likeness (QED) is 0.661. The van der Waals surface area contributed by atoms with Gasteiger partial charge < -0.3 is 5.32 Å². The lowest BCUT2D eigenvalue weighted by Crippen LogP contribution is -2.32. The van der Waals surface area contributed by atoms with Crippen LogP contribution in [0.2, 0.25) is 10.0 Å². The molecule has 0 aliphatic carbocycles. The van der Waals surface area contributed by atoms with Gasteiger partial charge in [0.15, 0.2) is 0 Å². The smallest absolute Gasteiger partial charge is 0.271 e. The molecule has 1 aromatic rings. The Morgan fingerprint density at radius 3 is 2.81 bits per heavy atom. The van der Waals surface area contributed by atoms with Crippen molar-refractivity contribution in [2.45, 2.75) is 24.5 Å². The van der Waals surface area contributed by atoms with Gasteiger partial charge in [0.2, 0.25) is 0 Å². The SMILES string of the molecule is O=C(NCC1CCCCS1)c1cc([N+](=O)[O-])cc(Cl)c1Cl. The molecule has 0 aromatic heterocycles. The highest BCUT2D eigenvalue weighted by Gasteiger charge is 2.21. The van der Waals surface area contributed by atoms with Crippen LogP contribution in [-0.4, -0.2) is 28.4 Å². The van der Waals surface area contributed by atoms with Crippen LogP contribution in [0.25, 0.3) is 0 Å². The number of nitrogens with zero attached hydrogens (tertiary/aromatic N) is 1. The number of halogens is 2. The van der Waals surface area contributed by atoms with Gasteiger partial charge in [0, 0.05) is 23.9 Å². The number of hydrogen-bond donors (Lipinski definition) is 1. The highest BCUT2D eigenvalue weighted by molar-refractivity contribution is 7.99. The summed E-state index contributed by atoms with van der Waals surface area (Å²) in [6.07, 6.45) is 3.44. The second-order valence-corrected chi connectivity index (χ2v) is 6.94. The number of nitrogens with one attached hydrogen (secondary N) is 1. The molecule has 1 unspecified atom stereocenters. The number of nitro groups is 1. The summed E-state index contributed by atoms with van der Waals surface area (Å²) in [4.78, 5) is 22.4. The molecule has 1 heterocycles. The molecule has 5 nitrogen and oxygen atoms in total. The van der Waals surface area contributed by atoms with Crippen molar-refractivity contribution in [1.29, 1.82) is 0 Å². The minimum Gasteiger partial charge on any atom is -0.351 e. The molecule has 114 valence electrons. The molecule has 1 N–H and O–H groups in total. The monoisotopic (exact) mass is 348 g/mol. The summed E-state index contributed by atoms with van der Waals surface area (Å²) in [5.74, 6) is 0.668. The summed E-state index contributed by atoms with van der Waals surface area (Å²) < 4.78 is 0. The highest BCUT2D eigenvalue weighted by Crippen LogP contribution is 2.31. The lowest BCUT2D eigenvalue weighted by Gasteiger charge is -2.21. The van der Waals surface area contributed by atoms with Crippen molar-refractivity contribution >= 4 is 46.6 Å². The van der Waals surface area contributed by atoms with Gasteiger partial charge in [0.1, 0.15) is 0 Å². The second-order valence-electron chi connectivity index (χ2n) is 4.74. The van der Waals surface area contributed by atoms with E-state index < -0.39 is 10.8 Å². The predicted octanol–water partition coefficient (Wildman–Crippen LogP) is 3.92. The Morgan fingerprint density at radius 1 is 1.43 bits per heavy atom. The zero-order chi connectivity index (χ0) is 15.4. The Bertz CT molecular complexity index is 563. The van der Waals surface area contributed by atoms with Gasteiger partial charge in [-0.25, -0.2) is 0 Å². The van der Waals surface area contributed by atoms with Crippen molar-refractivity contribution in [3.63, 3.8) is 0 Å². The van der Waals surface area contributed by atoms with Crippen LogP contribution in [0.3, 0.4) is 0 Å². The number of carbonyl (C=O) groups excluding carboxylic acids is 1. The number of non-ortho nitro benzene ring substituents is 1. The van der Waals surface area contributed by atoms with Crippen molar-refractivity contribution < 1.29 is 9.72 Å². The molecule has 2 rings (SSSR count). The normalized spacial score (nSPS) is 18.3. The van der Waals surface area contributed by atoms with Gasteiger partial charge in [-0.3, -0.25) is 14.9 Å². The van der Waals surface area contributed by atoms with E-state index in [-0.39, 0.29) is 21.3 Å². The molecule has 1 amide bonds. The summed E-state index contributed by atoms with van der Waals surface area (Å²) in [7, 11) is 0. The van der Waals surface area contributed by atoms with Gasteiger partial charge in [-0.15, -0.1) is 0 Å². The van der Waals surface area contributed by atoms with Crippen LogP contribution in [0.5, 0.6) is 0 Å². The minimum atomic E-state index is -0.601. The molecular weight excluding hydrogens is 335 g/mol. The zero-order valence-corrected chi connectivity index (χ0v) is 13.4. The maximum Gasteiger partial charge on any atom is 0.271 e. The second kappa shape index (κ2) is 7.33. The maximum absolute atomic E-state index is 12.1. The van der Waals surface area contributed by atoms with Gasteiger partial charge in [-0.1, -0.05) is 29.6 Å². The fraction of sp³-hybridized carbons (Fsp3) is 0.462. The molecular formula is C13H14Cl2N2O3S. The maximum atomic E-state index is 12.1. The molecule has 0 bridgehead atoms. The first kappa shape index (κ1) is 16.4. The Hall–Kier alpha value is -0.980. The third kappa shape index (κ3) is 4.25. The van der Waals surface area contributed by atoms with Crippen LogP contribution >= 0.6 is 35.0 Å². The van der Waals surface area contributed by atoms with E-state index in [2.05, 4.69) is 5.32 Å². The largest absolute Gasteiger partial charge is 0.351 e. The van der Waals surface area contributed by atoms with Crippen molar-refractivity contribution in [1.82, 2.24) is 5.32 Å². The van der Waals surface area contributed by atoms with Gasteiger partial charge in [-0.2, -0.15) is 11.8 Å². The Kier molecular flexibility index (Phi) is 5.72. The van der Waals surface area contributed by atoms with Crippen molar-refractivity contribution in [3.8, 4) is 0 Å². The van der Waals surface area contributed by atoms with E-state index in [1.54, 1.807) is 0 Å². The number of benzene rings is 1. The van der Waals surface area contributed by atoms with Gasteiger partial charge in [-0.05, 0) is 18.6 Å². The van der Waals surface area contributed by atoms with E-state index in [0.29, 0.717) is 11.8 Å². The van der Waals surface area contributed by atoms with E-state index in [4.69, 9.17) is 23.2 Å². The number of hydrogen-bond acceptors (Lipinski definition) is 4. The van der Waals surface area contributed by atoms with Gasteiger partial charge in [0.05, 0.1) is 20.5 Å². The molecule has 1 fully saturated rings. The summed E-state index contributed by atoms with van der Waals surface area (Å²) >= 11 is 13.6. The summed E-state index contributed by atoms with van der Waals surface area (Å²) in [6, 6.07) is 2.29. The summed E-state index contributed by atoms with van der Waals surface area (Å²) in [5.41, 5.74) is -0.210. The van der Waals surface area contributed by atoms with Crippen LogP contribution in [0, 0.1) is 10.1 Å². The van der Waals surface area contributed by atoms with Crippen LogP contribution in [0.1, 0.15) is 29.6 Å². The topological polar surface area (TPSA) is 72.2 Å². The number of rotatable bonds is 4. The fourth-order valence-corrected chi connectivity index (χ4v) is 3.76. The van der Waals surface area contributed by atoms with E-state index >= 15 is 0 Å². The molecule has 1 aromatic carbocycles. The first-order valence-electron chi connectivity index (χ1n) is 6.52. The van der Waals surface area contributed by atoms with Gasteiger partial charge in [0.25, 0.3) is 11.6 Å². The van der Waals surface area contributed by atoms with E-state index in [1.165, 1.54) is 6.42 Å². The number of nitro benzene ring substituents is 1. The highest BCUT2D eigenvalue weighted by atomic mass is 35.5. The fourth-order valence-electron chi connectivity index (χ4n) is 2.12. The van der Waals surface area contributed by atoms with E-state index in [1.807, 2.05) is 11.8 Å². The Labute approximate surface area is 136 Å². The molecule has 0 saturated carbocycles. The molecule has 1 aliphatic rings. The molecule has 8 heteroatoms. The standard InChI is InChI=1S/C13H14Cl2N2O3S/c14-11-6-8(17(19)20)5-10(12(11)15)13(18)16-7-9-3-1-2-4-21-9/h5-6,9H,1-4,7H2,(H,16,18). The molecule has 1 aliphatic heterocycles. The average molecular weight is 349 g/mol. The van der Waals surface area contributed by atoms with Crippen LogP contribution < -0.4 is 5.32 Å². The number of amides is 1. The van der Waals surface area contributed by atoms with Crippen LogP contribution in [-0.2, 0) is 0 Å². The van der Waals surface area contributed by atoms with E-state index in [9.17, 15) is 14.9 Å². The van der Waals surface area contributed by atoms with Crippen molar-refractivity contribution in [2.24, 2.45) is 0 Å². The number of thioether (sulfide) groups is 1. The first-order valence-corrected chi connectivity index (χ1v) is 8.32.